The van der Waals surface area contributed by atoms with Crippen molar-refractivity contribution in [3.05, 3.63) is 84.1 Å². The van der Waals surface area contributed by atoms with Gasteiger partial charge in [0.1, 0.15) is 11.8 Å². The van der Waals surface area contributed by atoms with Crippen LogP contribution in [0.15, 0.2) is 46.0 Å². The number of allylic oxidation sites excluding steroid dienone is 1. The van der Waals surface area contributed by atoms with Gasteiger partial charge in [-0.25, -0.2) is 4.79 Å². The molecule has 0 radical (unpaired) electrons. The molecule has 0 aliphatic heterocycles. The Hall–Kier alpha value is -3.38. The number of nitriles is 1. The molecule has 0 saturated carbocycles. The first-order valence-electron chi connectivity index (χ1n) is 10.0. The molecule has 3 rings (SSSR count). The Morgan fingerprint density at radius 1 is 1.30 bits per heavy atom. The fourth-order valence-corrected chi connectivity index (χ4v) is 3.70. The predicted molar refractivity (Wildman–Crippen MR) is 128 cm³/mol. The molecule has 0 fully saturated rings. The van der Waals surface area contributed by atoms with E-state index in [1.165, 1.54) is 12.1 Å². The van der Waals surface area contributed by atoms with Crippen LogP contribution in [0.5, 0.6) is 11.5 Å². The Morgan fingerprint density at radius 2 is 1.97 bits per heavy atom. The smallest absolute Gasteiger partial charge is 0.349 e. The predicted octanol–water partition coefficient (Wildman–Crippen LogP) is 4.34. The number of rotatable bonds is 6. The lowest BCUT2D eigenvalue weighted by Crippen LogP contribution is -2.33. The zero-order valence-electron chi connectivity index (χ0n) is 18.1. The first-order valence-corrected chi connectivity index (χ1v) is 10.8. The van der Waals surface area contributed by atoms with Gasteiger partial charge in [0, 0.05) is 6.04 Å². The summed E-state index contributed by atoms with van der Waals surface area (Å²) in [4.78, 5) is 25.8. The minimum Gasteiger partial charge on any atom is -0.454 e. The number of ether oxygens (including phenoxy) is 1. The summed E-state index contributed by atoms with van der Waals surface area (Å²) in [5, 5.41) is 13.0. The van der Waals surface area contributed by atoms with Crippen molar-refractivity contribution in [2.45, 2.75) is 33.2 Å². The van der Waals surface area contributed by atoms with Crippen molar-refractivity contribution in [1.29, 1.82) is 5.26 Å². The molecule has 0 spiro atoms. The Morgan fingerprint density at radius 3 is 2.58 bits per heavy atom. The maximum atomic E-state index is 12.1. The van der Waals surface area contributed by atoms with Gasteiger partial charge in [-0.1, -0.05) is 42.3 Å². The molecule has 3 aromatic rings. The van der Waals surface area contributed by atoms with Gasteiger partial charge in [0.05, 0.1) is 15.7 Å². The second kappa shape index (κ2) is 10.0. The molecular weight excluding hydrogens is 465 g/mol. The summed E-state index contributed by atoms with van der Waals surface area (Å²) in [6, 6.07) is 9.96. The quantitative estimate of drug-likeness (QED) is 0.534. The number of H-pyrrole nitrogens is 1. The van der Waals surface area contributed by atoms with E-state index in [0.29, 0.717) is 5.75 Å². The van der Waals surface area contributed by atoms with Crippen molar-refractivity contribution in [3.63, 3.8) is 0 Å². The molecule has 0 bridgehead atoms. The minimum absolute atomic E-state index is 0.0445. The molecule has 0 saturated heterocycles. The van der Waals surface area contributed by atoms with Crippen LogP contribution in [0.2, 0.25) is 10.0 Å². The van der Waals surface area contributed by atoms with E-state index in [4.69, 9.17) is 38.9 Å². The first-order chi connectivity index (χ1) is 15.6. The highest BCUT2D eigenvalue weighted by Crippen LogP contribution is 2.39. The first kappa shape index (κ1) is 24.3. The number of nitrogens with one attached hydrogen (secondary N) is 1. The van der Waals surface area contributed by atoms with Crippen molar-refractivity contribution in [3.8, 4) is 23.3 Å². The Bertz CT molecular complexity index is 1380. The van der Waals surface area contributed by atoms with Crippen LogP contribution in [-0.2, 0) is 0 Å². The van der Waals surface area contributed by atoms with E-state index in [-0.39, 0.29) is 27.5 Å². The zero-order valence-corrected chi connectivity index (χ0v) is 19.7. The van der Waals surface area contributed by atoms with Gasteiger partial charge < -0.3 is 10.5 Å². The standard InChI is InChI=1S/C23H21Cl2N5O3/c1-4-14(27)7-13(3)17-10-16(6-5-12(17)2)33-21-18(24)8-15(9-19(21)25)30-23(32)28-22(31)20(11-26)29-30/h5-10,14H,4,27H2,1-3H3,(H,28,31,32)/b13-7-. The van der Waals surface area contributed by atoms with Crippen molar-refractivity contribution < 1.29 is 4.74 Å². The van der Waals surface area contributed by atoms with Crippen molar-refractivity contribution in [1.82, 2.24) is 14.8 Å². The summed E-state index contributed by atoms with van der Waals surface area (Å²) in [5.74, 6) is 0.692. The van der Waals surface area contributed by atoms with Crippen LogP contribution in [0.1, 0.15) is 37.1 Å². The fraction of sp³-hybridized carbons (Fsp3) is 0.217. The molecule has 0 aliphatic rings. The summed E-state index contributed by atoms with van der Waals surface area (Å²) in [7, 11) is 0. The van der Waals surface area contributed by atoms with E-state index in [1.807, 2.05) is 44.0 Å². The van der Waals surface area contributed by atoms with Crippen LogP contribution in [0, 0.1) is 18.3 Å². The van der Waals surface area contributed by atoms with Gasteiger partial charge in [-0.2, -0.15) is 9.94 Å². The summed E-state index contributed by atoms with van der Waals surface area (Å²) < 4.78 is 6.79. The number of nitrogens with zero attached hydrogens (tertiary/aromatic N) is 3. The van der Waals surface area contributed by atoms with Crippen LogP contribution in [-0.4, -0.2) is 20.8 Å². The van der Waals surface area contributed by atoms with Gasteiger partial charge in [0.2, 0.25) is 5.69 Å². The lowest BCUT2D eigenvalue weighted by Gasteiger charge is -2.15. The van der Waals surface area contributed by atoms with E-state index >= 15 is 0 Å². The molecule has 10 heteroatoms. The lowest BCUT2D eigenvalue weighted by atomic mass is 9.99. The summed E-state index contributed by atoms with van der Waals surface area (Å²) in [6.45, 7) is 6.00. The molecule has 0 amide bonds. The van der Waals surface area contributed by atoms with Crippen LogP contribution >= 0.6 is 23.2 Å². The third-order valence-electron chi connectivity index (χ3n) is 4.95. The second-order valence-corrected chi connectivity index (χ2v) is 8.19. The van der Waals surface area contributed by atoms with Crippen LogP contribution < -0.4 is 21.7 Å². The number of halogens is 2. The highest BCUT2D eigenvalue weighted by Gasteiger charge is 2.16. The normalized spacial score (nSPS) is 12.3. The maximum absolute atomic E-state index is 12.1. The third-order valence-corrected chi connectivity index (χ3v) is 5.51. The van der Waals surface area contributed by atoms with Gasteiger partial charge in [0.15, 0.2) is 5.75 Å². The Kier molecular flexibility index (Phi) is 7.39. The molecule has 33 heavy (non-hydrogen) atoms. The maximum Gasteiger partial charge on any atom is 0.349 e. The number of aromatic amines is 1. The average Bonchev–Trinajstić information content (AvgIpc) is 2.77. The number of hydrogen-bond acceptors (Lipinski definition) is 6. The molecule has 1 heterocycles. The summed E-state index contributed by atoms with van der Waals surface area (Å²) in [5.41, 5.74) is 7.09. The molecule has 0 aliphatic carbocycles. The van der Waals surface area contributed by atoms with Crippen LogP contribution in [0.4, 0.5) is 0 Å². The molecule has 8 nitrogen and oxygen atoms in total. The number of benzene rings is 2. The topological polar surface area (TPSA) is 127 Å². The summed E-state index contributed by atoms with van der Waals surface area (Å²) in [6.07, 6.45) is 2.83. The molecular formula is C23H21Cl2N5O3. The molecule has 1 atom stereocenters. The van der Waals surface area contributed by atoms with Gasteiger partial charge in [-0.3, -0.25) is 9.78 Å². The van der Waals surface area contributed by atoms with E-state index in [0.717, 1.165) is 27.8 Å². The monoisotopic (exact) mass is 485 g/mol. The van der Waals surface area contributed by atoms with Gasteiger partial charge in [-0.15, -0.1) is 5.10 Å². The zero-order chi connectivity index (χ0) is 24.3. The fourth-order valence-electron chi connectivity index (χ4n) is 3.15. The lowest BCUT2D eigenvalue weighted by molar-refractivity contribution is 0.482. The second-order valence-electron chi connectivity index (χ2n) is 7.37. The number of aromatic nitrogens is 3. The van der Waals surface area contributed by atoms with E-state index in [2.05, 4.69) is 5.10 Å². The van der Waals surface area contributed by atoms with Crippen molar-refractivity contribution >= 4 is 28.8 Å². The van der Waals surface area contributed by atoms with E-state index < -0.39 is 16.9 Å². The molecule has 2 aromatic carbocycles. The highest BCUT2D eigenvalue weighted by atomic mass is 35.5. The molecule has 1 aromatic heterocycles. The van der Waals surface area contributed by atoms with Crippen LogP contribution in [0.3, 0.4) is 0 Å². The van der Waals surface area contributed by atoms with Crippen molar-refractivity contribution in [2.75, 3.05) is 0 Å². The van der Waals surface area contributed by atoms with Gasteiger partial charge in [-0.05, 0) is 61.2 Å². The minimum atomic E-state index is -0.879. The van der Waals surface area contributed by atoms with E-state index in [1.54, 1.807) is 12.1 Å². The SMILES string of the molecule is CCC(N)/C=C(/C)c1cc(Oc2c(Cl)cc(-n3nc(C#N)c(=O)[nH]c3=O)cc2Cl)ccc1C. The number of hydrogen-bond donors (Lipinski definition) is 2. The third kappa shape index (κ3) is 5.34. The molecule has 170 valence electrons. The Balaban J connectivity index is 2.00. The van der Waals surface area contributed by atoms with Gasteiger partial charge in [0.25, 0.3) is 5.56 Å². The largest absolute Gasteiger partial charge is 0.454 e. The average molecular weight is 486 g/mol. The molecule has 1 unspecified atom stereocenters. The summed E-state index contributed by atoms with van der Waals surface area (Å²) >= 11 is 12.8. The Labute approximate surface area is 199 Å². The van der Waals surface area contributed by atoms with Gasteiger partial charge >= 0.3 is 5.69 Å². The van der Waals surface area contributed by atoms with Crippen molar-refractivity contribution in [2.24, 2.45) is 5.73 Å². The number of aryl methyl sites for hydroxylation is 1. The van der Waals surface area contributed by atoms with Crippen LogP contribution in [0.25, 0.3) is 11.3 Å². The number of nitrogens with two attached hydrogens (primary N) is 1. The highest BCUT2D eigenvalue weighted by molar-refractivity contribution is 6.37. The van der Waals surface area contributed by atoms with E-state index in [9.17, 15) is 9.59 Å². The molecule has 3 N–H and O–H groups in total.